The van der Waals surface area contributed by atoms with Crippen LogP contribution >= 0.6 is 0 Å². The third kappa shape index (κ3) is 2.21. The molecule has 0 atom stereocenters. The summed E-state index contributed by atoms with van der Waals surface area (Å²) >= 11 is 0. The van der Waals surface area contributed by atoms with Crippen molar-refractivity contribution in [3.05, 3.63) is 48.0 Å². The second kappa shape index (κ2) is 4.35. The van der Waals surface area contributed by atoms with Crippen LogP contribution in [0.3, 0.4) is 0 Å². The molecule has 2 rings (SSSR count). The molecule has 0 aromatic heterocycles. The Balaban J connectivity index is 2.04. The summed E-state index contributed by atoms with van der Waals surface area (Å²) in [5, 5.41) is 0. The van der Waals surface area contributed by atoms with Gasteiger partial charge in [0, 0.05) is 19.4 Å². The number of carbonyl (C=O) groups is 1. The molecule has 84 valence electrons. The van der Waals surface area contributed by atoms with Crippen LogP contribution in [0, 0.1) is 5.82 Å². The fourth-order valence-electron chi connectivity index (χ4n) is 1.65. The number of ketones is 1. The van der Waals surface area contributed by atoms with E-state index in [1.165, 1.54) is 12.1 Å². The summed E-state index contributed by atoms with van der Waals surface area (Å²) in [4.78, 5) is 15.6. The Bertz CT molecular complexity index is 431. The maximum absolute atomic E-state index is 13.3. The minimum Gasteiger partial charge on any atom is -0.362 e. The van der Waals surface area contributed by atoms with Crippen LogP contribution < -0.4 is 0 Å². The Kier molecular flexibility index (Phi) is 2.90. The van der Waals surface area contributed by atoms with Crippen molar-refractivity contribution in [1.82, 2.24) is 9.80 Å². The van der Waals surface area contributed by atoms with Gasteiger partial charge in [0.25, 0.3) is 0 Å². The second-order valence-electron chi connectivity index (χ2n) is 3.85. The molecule has 0 radical (unpaired) electrons. The van der Waals surface area contributed by atoms with Crippen LogP contribution in [0.2, 0.25) is 0 Å². The molecule has 16 heavy (non-hydrogen) atoms. The number of nitrogens with zero attached hydrogens (tertiary/aromatic N) is 2. The first kappa shape index (κ1) is 10.7. The van der Waals surface area contributed by atoms with Crippen molar-refractivity contribution in [2.24, 2.45) is 0 Å². The van der Waals surface area contributed by atoms with Gasteiger partial charge in [-0.3, -0.25) is 4.79 Å². The van der Waals surface area contributed by atoms with Crippen LogP contribution in [-0.4, -0.2) is 35.8 Å². The average molecular weight is 220 g/mol. The number of rotatable bonds is 3. The van der Waals surface area contributed by atoms with E-state index >= 15 is 0 Å². The van der Waals surface area contributed by atoms with Crippen LogP contribution in [-0.2, 0) is 0 Å². The highest BCUT2D eigenvalue weighted by molar-refractivity contribution is 5.97. The largest absolute Gasteiger partial charge is 0.362 e. The number of hydrogen-bond donors (Lipinski definition) is 0. The molecule has 0 unspecified atom stereocenters. The molecule has 0 saturated carbocycles. The molecule has 3 nitrogen and oxygen atoms in total. The Morgan fingerprint density at radius 2 is 2.12 bits per heavy atom. The summed E-state index contributed by atoms with van der Waals surface area (Å²) in [7, 11) is 1.92. The van der Waals surface area contributed by atoms with E-state index < -0.39 is 5.82 Å². The van der Waals surface area contributed by atoms with E-state index in [-0.39, 0.29) is 17.9 Å². The highest BCUT2D eigenvalue weighted by atomic mass is 19.1. The minimum atomic E-state index is -0.455. The van der Waals surface area contributed by atoms with Gasteiger partial charge in [0.15, 0.2) is 5.78 Å². The molecule has 0 amide bonds. The monoisotopic (exact) mass is 220 g/mol. The van der Waals surface area contributed by atoms with Gasteiger partial charge in [-0.1, -0.05) is 12.1 Å². The van der Waals surface area contributed by atoms with Gasteiger partial charge >= 0.3 is 0 Å². The fraction of sp³-hybridized carbons (Fsp3) is 0.250. The van der Waals surface area contributed by atoms with Gasteiger partial charge in [-0.05, 0) is 12.1 Å². The molecule has 1 aliphatic heterocycles. The van der Waals surface area contributed by atoms with Crippen LogP contribution in [0.15, 0.2) is 36.7 Å². The molecule has 0 bridgehead atoms. The highest BCUT2D eigenvalue weighted by Gasteiger charge is 2.16. The van der Waals surface area contributed by atoms with Crippen LogP contribution in [0.25, 0.3) is 0 Å². The second-order valence-corrected chi connectivity index (χ2v) is 3.85. The zero-order chi connectivity index (χ0) is 11.5. The summed E-state index contributed by atoms with van der Waals surface area (Å²) < 4.78 is 13.3. The predicted octanol–water partition coefficient (Wildman–Crippen LogP) is 1.68. The van der Waals surface area contributed by atoms with Crippen molar-refractivity contribution in [2.75, 3.05) is 20.3 Å². The van der Waals surface area contributed by atoms with E-state index in [1.807, 2.05) is 29.2 Å². The fourth-order valence-corrected chi connectivity index (χ4v) is 1.65. The third-order valence-corrected chi connectivity index (χ3v) is 2.46. The Morgan fingerprint density at radius 3 is 2.75 bits per heavy atom. The lowest BCUT2D eigenvalue weighted by atomic mass is 10.1. The van der Waals surface area contributed by atoms with Gasteiger partial charge in [-0.25, -0.2) is 4.39 Å². The Hall–Kier alpha value is -1.84. The van der Waals surface area contributed by atoms with E-state index in [4.69, 9.17) is 0 Å². The summed E-state index contributed by atoms with van der Waals surface area (Å²) in [5.41, 5.74) is 0.158. The molecule has 0 aliphatic carbocycles. The molecule has 0 spiro atoms. The average Bonchev–Trinajstić information content (AvgIpc) is 2.64. The van der Waals surface area contributed by atoms with Crippen molar-refractivity contribution in [3.8, 4) is 0 Å². The topological polar surface area (TPSA) is 23.6 Å². The summed E-state index contributed by atoms with van der Waals surface area (Å²) in [6.45, 7) is 0.877. The van der Waals surface area contributed by atoms with E-state index in [0.717, 1.165) is 0 Å². The third-order valence-electron chi connectivity index (χ3n) is 2.46. The molecule has 0 N–H and O–H groups in total. The molecular weight excluding hydrogens is 207 g/mol. The number of carbonyl (C=O) groups excluding carboxylic acids is 1. The maximum atomic E-state index is 13.3. The molecule has 0 fully saturated rings. The smallest absolute Gasteiger partial charge is 0.185 e. The van der Waals surface area contributed by atoms with Gasteiger partial charge in [-0.2, -0.15) is 0 Å². The van der Waals surface area contributed by atoms with Crippen molar-refractivity contribution in [3.63, 3.8) is 0 Å². The molecule has 0 saturated heterocycles. The number of hydrogen-bond acceptors (Lipinski definition) is 3. The van der Waals surface area contributed by atoms with Gasteiger partial charge in [-0.15, -0.1) is 0 Å². The van der Waals surface area contributed by atoms with Gasteiger partial charge in [0.05, 0.1) is 18.8 Å². The van der Waals surface area contributed by atoms with Crippen molar-refractivity contribution >= 4 is 5.78 Å². The van der Waals surface area contributed by atoms with E-state index in [9.17, 15) is 9.18 Å². The first-order valence-electron chi connectivity index (χ1n) is 5.07. The number of benzene rings is 1. The SMILES string of the molecule is CN1C=CN(CC(=O)c2ccccc2F)C1. The molecule has 4 heteroatoms. The van der Waals surface area contributed by atoms with E-state index in [1.54, 1.807) is 12.1 Å². The zero-order valence-corrected chi connectivity index (χ0v) is 9.06. The predicted molar refractivity (Wildman–Crippen MR) is 59.2 cm³/mol. The maximum Gasteiger partial charge on any atom is 0.185 e. The molecule has 1 aromatic rings. The van der Waals surface area contributed by atoms with Crippen LogP contribution in [0.4, 0.5) is 4.39 Å². The first-order chi connectivity index (χ1) is 7.66. The summed E-state index contributed by atoms with van der Waals surface area (Å²) in [6, 6.07) is 6.07. The number of Topliss-reactive ketones (excluding diaryl/α,β-unsaturated/α-hetero) is 1. The van der Waals surface area contributed by atoms with Crippen molar-refractivity contribution in [2.45, 2.75) is 0 Å². The Labute approximate surface area is 93.8 Å². The lowest BCUT2D eigenvalue weighted by molar-refractivity contribution is 0.0944. The first-order valence-corrected chi connectivity index (χ1v) is 5.07. The van der Waals surface area contributed by atoms with Crippen LogP contribution in [0.1, 0.15) is 10.4 Å². The standard InChI is InChI=1S/C12H13FN2O/c1-14-6-7-15(9-14)8-12(16)10-4-2-3-5-11(10)13/h2-7H,8-9H2,1H3. The van der Waals surface area contributed by atoms with Gasteiger partial charge in [0.1, 0.15) is 5.82 Å². The zero-order valence-electron chi connectivity index (χ0n) is 9.06. The lowest BCUT2D eigenvalue weighted by Gasteiger charge is -2.17. The van der Waals surface area contributed by atoms with E-state index in [2.05, 4.69) is 0 Å². The quantitative estimate of drug-likeness (QED) is 0.724. The number of halogens is 1. The van der Waals surface area contributed by atoms with Crippen molar-refractivity contribution in [1.29, 1.82) is 0 Å². The van der Waals surface area contributed by atoms with E-state index in [0.29, 0.717) is 6.67 Å². The summed E-state index contributed by atoms with van der Waals surface area (Å²) in [5.74, 6) is -0.651. The van der Waals surface area contributed by atoms with Crippen LogP contribution in [0.5, 0.6) is 0 Å². The summed E-state index contributed by atoms with van der Waals surface area (Å²) in [6.07, 6.45) is 3.72. The molecule has 1 aromatic carbocycles. The van der Waals surface area contributed by atoms with Crippen molar-refractivity contribution < 1.29 is 9.18 Å². The molecular formula is C12H13FN2O. The Morgan fingerprint density at radius 1 is 1.38 bits per heavy atom. The lowest BCUT2D eigenvalue weighted by Crippen LogP contribution is -2.28. The highest BCUT2D eigenvalue weighted by Crippen LogP contribution is 2.10. The van der Waals surface area contributed by atoms with Gasteiger partial charge in [0.2, 0.25) is 0 Å². The van der Waals surface area contributed by atoms with Gasteiger partial charge < -0.3 is 9.80 Å². The minimum absolute atomic E-state index is 0.158. The molecule has 1 aliphatic rings. The normalized spacial score (nSPS) is 14.6. The molecule has 1 heterocycles.